The average Bonchev–Trinajstić information content (AvgIpc) is 3.13. The Morgan fingerprint density at radius 1 is 0.926 bits per heavy atom. The molecule has 2 aromatic rings. The third-order valence-corrected chi connectivity index (χ3v) is 4.75. The molecule has 1 fully saturated rings. The van der Waals surface area contributed by atoms with Gasteiger partial charge in [0.25, 0.3) is 0 Å². The standard InChI is InChI=1S/C22H26F2O3/c1-3-5-17-10-11-18(27-17)14-26-16-8-6-15(7-9-16)19-12-13-20(25-4-2)22(24)21(19)23/h6-9,12-13,17-18H,3-5,10-11,14H2,1-2H3. The van der Waals surface area contributed by atoms with E-state index in [1.165, 1.54) is 12.1 Å². The van der Waals surface area contributed by atoms with Crippen molar-refractivity contribution in [1.82, 2.24) is 0 Å². The Morgan fingerprint density at radius 3 is 2.37 bits per heavy atom. The molecule has 1 aliphatic heterocycles. The number of benzene rings is 2. The summed E-state index contributed by atoms with van der Waals surface area (Å²) in [6, 6.07) is 9.96. The SMILES string of the molecule is CCCC1CCC(COc2ccc(-c3ccc(OCC)c(F)c3F)cc2)O1. The summed E-state index contributed by atoms with van der Waals surface area (Å²) in [7, 11) is 0. The Labute approximate surface area is 159 Å². The van der Waals surface area contributed by atoms with Gasteiger partial charge in [-0.3, -0.25) is 0 Å². The zero-order valence-electron chi connectivity index (χ0n) is 15.8. The van der Waals surface area contributed by atoms with E-state index in [9.17, 15) is 8.78 Å². The molecular weight excluding hydrogens is 350 g/mol. The molecular formula is C22H26F2O3. The van der Waals surface area contributed by atoms with Gasteiger partial charge in [0.1, 0.15) is 12.4 Å². The van der Waals surface area contributed by atoms with Gasteiger partial charge >= 0.3 is 0 Å². The van der Waals surface area contributed by atoms with Crippen molar-refractivity contribution in [2.75, 3.05) is 13.2 Å². The summed E-state index contributed by atoms with van der Waals surface area (Å²) in [6.07, 6.45) is 4.79. The molecule has 2 atom stereocenters. The number of halogens is 2. The van der Waals surface area contributed by atoms with Gasteiger partial charge in [-0.25, -0.2) is 4.39 Å². The highest BCUT2D eigenvalue weighted by Gasteiger charge is 2.25. The van der Waals surface area contributed by atoms with Crippen molar-refractivity contribution in [1.29, 1.82) is 0 Å². The molecule has 0 N–H and O–H groups in total. The van der Waals surface area contributed by atoms with Crippen LogP contribution in [0.4, 0.5) is 8.78 Å². The largest absolute Gasteiger partial charge is 0.491 e. The summed E-state index contributed by atoms with van der Waals surface area (Å²) in [6.45, 7) is 4.68. The zero-order chi connectivity index (χ0) is 19.2. The summed E-state index contributed by atoms with van der Waals surface area (Å²) in [5.74, 6) is -1.25. The van der Waals surface area contributed by atoms with E-state index in [0.29, 0.717) is 24.0 Å². The van der Waals surface area contributed by atoms with Crippen molar-refractivity contribution in [3.05, 3.63) is 48.0 Å². The maximum Gasteiger partial charge on any atom is 0.201 e. The molecule has 5 heteroatoms. The van der Waals surface area contributed by atoms with Gasteiger partial charge in [-0.15, -0.1) is 0 Å². The highest BCUT2D eigenvalue weighted by atomic mass is 19.2. The first-order valence-corrected chi connectivity index (χ1v) is 9.61. The van der Waals surface area contributed by atoms with Gasteiger partial charge in [-0.2, -0.15) is 4.39 Å². The molecule has 0 bridgehead atoms. The maximum absolute atomic E-state index is 14.3. The minimum atomic E-state index is -0.963. The zero-order valence-corrected chi connectivity index (χ0v) is 15.8. The predicted octanol–water partition coefficient (Wildman–Crippen LogP) is 5.76. The number of hydrogen-bond acceptors (Lipinski definition) is 3. The Kier molecular flexibility index (Phi) is 6.67. The van der Waals surface area contributed by atoms with Crippen molar-refractivity contribution in [3.63, 3.8) is 0 Å². The van der Waals surface area contributed by atoms with Crippen LogP contribution in [-0.4, -0.2) is 25.4 Å². The molecule has 0 spiro atoms. The molecule has 2 aromatic carbocycles. The number of ether oxygens (including phenoxy) is 3. The Morgan fingerprint density at radius 2 is 1.67 bits per heavy atom. The molecule has 1 heterocycles. The summed E-state index contributed by atoms with van der Waals surface area (Å²) in [5.41, 5.74) is 0.783. The smallest absolute Gasteiger partial charge is 0.201 e. The lowest BCUT2D eigenvalue weighted by Crippen LogP contribution is -2.18. The van der Waals surface area contributed by atoms with Crippen LogP contribution in [0.1, 0.15) is 39.5 Å². The van der Waals surface area contributed by atoms with Crippen molar-refractivity contribution in [2.24, 2.45) is 0 Å². The van der Waals surface area contributed by atoms with E-state index in [1.54, 1.807) is 31.2 Å². The van der Waals surface area contributed by atoms with Gasteiger partial charge < -0.3 is 14.2 Å². The minimum absolute atomic E-state index is 0.0726. The summed E-state index contributed by atoms with van der Waals surface area (Å²) >= 11 is 0. The lowest BCUT2D eigenvalue weighted by atomic mass is 10.0. The van der Waals surface area contributed by atoms with E-state index < -0.39 is 11.6 Å². The third kappa shape index (κ3) is 4.78. The van der Waals surface area contributed by atoms with Gasteiger partial charge in [0, 0.05) is 5.56 Å². The molecule has 3 nitrogen and oxygen atoms in total. The second-order valence-electron chi connectivity index (χ2n) is 6.75. The van der Waals surface area contributed by atoms with Crippen LogP contribution in [-0.2, 0) is 4.74 Å². The first-order chi connectivity index (χ1) is 13.1. The number of rotatable bonds is 8. The van der Waals surface area contributed by atoms with Gasteiger partial charge in [0.2, 0.25) is 5.82 Å². The van der Waals surface area contributed by atoms with Crippen LogP contribution in [0, 0.1) is 11.6 Å². The highest BCUT2D eigenvalue weighted by Crippen LogP contribution is 2.31. The van der Waals surface area contributed by atoms with Gasteiger partial charge in [-0.05, 0) is 56.0 Å². The van der Waals surface area contributed by atoms with Crippen molar-refractivity contribution < 1.29 is 23.0 Å². The molecule has 0 saturated carbocycles. The molecule has 0 amide bonds. The van der Waals surface area contributed by atoms with E-state index in [1.807, 2.05) is 0 Å². The van der Waals surface area contributed by atoms with Crippen LogP contribution in [0.3, 0.4) is 0 Å². The molecule has 27 heavy (non-hydrogen) atoms. The van der Waals surface area contributed by atoms with E-state index in [0.717, 1.165) is 25.7 Å². The normalized spacial score (nSPS) is 19.3. The fraction of sp³-hybridized carbons (Fsp3) is 0.455. The molecule has 2 unspecified atom stereocenters. The van der Waals surface area contributed by atoms with Crippen LogP contribution in [0.2, 0.25) is 0 Å². The summed E-state index contributed by atoms with van der Waals surface area (Å²) in [5, 5.41) is 0. The highest BCUT2D eigenvalue weighted by molar-refractivity contribution is 5.66. The van der Waals surface area contributed by atoms with Gasteiger partial charge in [0.05, 0.1) is 18.8 Å². The van der Waals surface area contributed by atoms with Crippen LogP contribution in [0.25, 0.3) is 11.1 Å². The van der Waals surface area contributed by atoms with Crippen molar-refractivity contribution >= 4 is 0 Å². The maximum atomic E-state index is 14.3. The first-order valence-electron chi connectivity index (χ1n) is 9.61. The van der Waals surface area contributed by atoms with Crippen LogP contribution >= 0.6 is 0 Å². The summed E-state index contributed by atoms with van der Waals surface area (Å²) in [4.78, 5) is 0. The molecule has 146 valence electrons. The number of hydrogen-bond donors (Lipinski definition) is 0. The fourth-order valence-electron chi connectivity index (χ4n) is 3.38. The molecule has 0 radical (unpaired) electrons. The molecule has 0 aliphatic carbocycles. The van der Waals surface area contributed by atoms with Gasteiger partial charge in [0.15, 0.2) is 11.6 Å². The lowest BCUT2D eigenvalue weighted by Gasteiger charge is -2.14. The third-order valence-electron chi connectivity index (χ3n) is 4.75. The second kappa shape index (κ2) is 9.18. The Balaban J connectivity index is 1.61. The van der Waals surface area contributed by atoms with E-state index in [2.05, 4.69) is 6.92 Å². The Hall–Kier alpha value is -2.14. The molecule has 1 aliphatic rings. The van der Waals surface area contributed by atoms with Crippen LogP contribution in [0.5, 0.6) is 11.5 Å². The average molecular weight is 376 g/mol. The van der Waals surface area contributed by atoms with Crippen LogP contribution < -0.4 is 9.47 Å². The van der Waals surface area contributed by atoms with Crippen LogP contribution in [0.15, 0.2) is 36.4 Å². The molecule has 1 saturated heterocycles. The quantitative estimate of drug-likeness (QED) is 0.586. The molecule has 3 rings (SSSR count). The summed E-state index contributed by atoms with van der Waals surface area (Å²) < 4.78 is 45.2. The predicted molar refractivity (Wildman–Crippen MR) is 101 cm³/mol. The topological polar surface area (TPSA) is 27.7 Å². The Bertz CT molecular complexity index is 746. The van der Waals surface area contributed by atoms with Crippen molar-refractivity contribution in [2.45, 2.75) is 51.7 Å². The monoisotopic (exact) mass is 376 g/mol. The lowest BCUT2D eigenvalue weighted by molar-refractivity contribution is 0.0143. The van der Waals surface area contributed by atoms with E-state index >= 15 is 0 Å². The van der Waals surface area contributed by atoms with Crippen molar-refractivity contribution in [3.8, 4) is 22.6 Å². The second-order valence-corrected chi connectivity index (χ2v) is 6.75. The minimum Gasteiger partial charge on any atom is -0.491 e. The molecule has 0 aromatic heterocycles. The fourth-order valence-corrected chi connectivity index (χ4v) is 3.38. The first kappa shape index (κ1) is 19.6. The van der Waals surface area contributed by atoms with E-state index in [-0.39, 0.29) is 24.0 Å². The van der Waals surface area contributed by atoms with E-state index in [4.69, 9.17) is 14.2 Å². The van der Waals surface area contributed by atoms with Gasteiger partial charge in [-0.1, -0.05) is 25.5 Å².